The first-order valence-electron chi connectivity index (χ1n) is 7.29. The van der Waals surface area contributed by atoms with Gasteiger partial charge in [0.05, 0.1) is 4.88 Å². The molecular weight excluding hydrogens is 324 g/mol. The number of thiophene rings is 1. The SMILES string of the molecule is CC(Sc1ccc2nnc(-c3cccs3)n2n1)c1ccccc1. The van der Waals surface area contributed by atoms with Gasteiger partial charge in [0, 0.05) is 5.25 Å². The molecule has 0 N–H and O–H groups in total. The zero-order valence-electron chi connectivity index (χ0n) is 12.5. The smallest absolute Gasteiger partial charge is 0.191 e. The molecule has 0 amide bonds. The van der Waals surface area contributed by atoms with Gasteiger partial charge in [0.1, 0.15) is 5.03 Å². The molecule has 4 aromatic rings. The molecule has 0 saturated heterocycles. The van der Waals surface area contributed by atoms with E-state index >= 15 is 0 Å². The number of hydrogen-bond acceptors (Lipinski definition) is 5. The monoisotopic (exact) mass is 338 g/mol. The van der Waals surface area contributed by atoms with Crippen LogP contribution in [0.1, 0.15) is 17.7 Å². The summed E-state index contributed by atoms with van der Waals surface area (Å²) in [7, 11) is 0. The lowest BCUT2D eigenvalue weighted by molar-refractivity contribution is 0.858. The van der Waals surface area contributed by atoms with E-state index in [4.69, 9.17) is 5.10 Å². The molecule has 3 heterocycles. The lowest BCUT2D eigenvalue weighted by Gasteiger charge is -2.10. The van der Waals surface area contributed by atoms with Crippen molar-refractivity contribution in [2.24, 2.45) is 0 Å². The predicted molar refractivity (Wildman–Crippen MR) is 94.8 cm³/mol. The van der Waals surface area contributed by atoms with Crippen LogP contribution in [0, 0.1) is 0 Å². The minimum Gasteiger partial charge on any atom is -0.191 e. The van der Waals surface area contributed by atoms with Gasteiger partial charge >= 0.3 is 0 Å². The Morgan fingerprint density at radius 2 is 1.87 bits per heavy atom. The Labute approximate surface area is 142 Å². The van der Waals surface area contributed by atoms with Crippen LogP contribution in [-0.4, -0.2) is 19.8 Å². The highest BCUT2D eigenvalue weighted by molar-refractivity contribution is 7.99. The predicted octanol–water partition coefficient (Wildman–Crippen LogP) is 4.71. The van der Waals surface area contributed by atoms with E-state index in [0.717, 1.165) is 21.4 Å². The van der Waals surface area contributed by atoms with Gasteiger partial charge in [-0.15, -0.1) is 21.5 Å². The average Bonchev–Trinajstić information content (AvgIpc) is 3.24. The van der Waals surface area contributed by atoms with Gasteiger partial charge in [0.25, 0.3) is 0 Å². The Hall–Kier alpha value is -2.18. The van der Waals surface area contributed by atoms with E-state index in [1.165, 1.54) is 5.56 Å². The van der Waals surface area contributed by atoms with Crippen molar-refractivity contribution in [3.63, 3.8) is 0 Å². The quantitative estimate of drug-likeness (QED) is 0.506. The fourth-order valence-electron chi connectivity index (χ4n) is 2.37. The fourth-order valence-corrected chi connectivity index (χ4v) is 3.99. The van der Waals surface area contributed by atoms with E-state index < -0.39 is 0 Å². The average molecular weight is 338 g/mol. The van der Waals surface area contributed by atoms with Crippen LogP contribution in [0.25, 0.3) is 16.3 Å². The van der Waals surface area contributed by atoms with Crippen LogP contribution < -0.4 is 0 Å². The number of fused-ring (bicyclic) bond motifs is 1. The Balaban J connectivity index is 1.67. The second-order valence-corrected chi connectivity index (χ2v) is 7.42. The first kappa shape index (κ1) is 14.4. The summed E-state index contributed by atoms with van der Waals surface area (Å²) >= 11 is 3.38. The highest BCUT2D eigenvalue weighted by Gasteiger charge is 2.13. The minimum absolute atomic E-state index is 0.336. The summed E-state index contributed by atoms with van der Waals surface area (Å²) in [5.41, 5.74) is 2.06. The van der Waals surface area contributed by atoms with Crippen LogP contribution in [0.5, 0.6) is 0 Å². The molecule has 1 atom stereocenters. The molecule has 0 aliphatic carbocycles. The molecule has 1 unspecified atom stereocenters. The minimum atomic E-state index is 0.336. The number of nitrogens with zero attached hydrogens (tertiary/aromatic N) is 4. The highest BCUT2D eigenvalue weighted by Crippen LogP contribution is 2.33. The normalized spacial score (nSPS) is 12.6. The molecule has 0 spiro atoms. The van der Waals surface area contributed by atoms with E-state index in [1.807, 2.05) is 40.2 Å². The van der Waals surface area contributed by atoms with Gasteiger partial charge in [-0.05, 0) is 36.1 Å². The van der Waals surface area contributed by atoms with Crippen molar-refractivity contribution in [1.82, 2.24) is 19.8 Å². The first-order valence-corrected chi connectivity index (χ1v) is 9.05. The standard InChI is InChI=1S/C17H14N4S2/c1-12(13-6-3-2-4-7-13)23-16-10-9-15-18-19-17(21(15)20-16)14-8-5-11-22-14/h2-12H,1H3. The molecule has 23 heavy (non-hydrogen) atoms. The highest BCUT2D eigenvalue weighted by atomic mass is 32.2. The lowest BCUT2D eigenvalue weighted by Crippen LogP contribution is -1.97. The molecule has 1 aromatic carbocycles. The van der Waals surface area contributed by atoms with Crippen molar-refractivity contribution in [2.45, 2.75) is 17.2 Å². The molecule has 0 fully saturated rings. The molecule has 0 bridgehead atoms. The van der Waals surface area contributed by atoms with Gasteiger partial charge < -0.3 is 0 Å². The number of rotatable bonds is 4. The van der Waals surface area contributed by atoms with Crippen molar-refractivity contribution < 1.29 is 0 Å². The molecule has 4 rings (SSSR count). The van der Waals surface area contributed by atoms with Crippen LogP contribution >= 0.6 is 23.1 Å². The van der Waals surface area contributed by atoms with Gasteiger partial charge in [-0.25, -0.2) is 0 Å². The van der Waals surface area contributed by atoms with Gasteiger partial charge in [0.15, 0.2) is 11.5 Å². The second-order valence-electron chi connectivity index (χ2n) is 5.11. The summed E-state index contributed by atoms with van der Waals surface area (Å²) in [4.78, 5) is 1.07. The summed E-state index contributed by atoms with van der Waals surface area (Å²) < 4.78 is 1.83. The van der Waals surface area contributed by atoms with Gasteiger partial charge in [-0.3, -0.25) is 0 Å². The first-order chi connectivity index (χ1) is 11.3. The van der Waals surface area contributed by atoms with Crippen LogP contribution in [-0.2, 0) is 0 Å². The van der Waals surface area contributed by atoms with Crippen LogP contribution in [0.2, 0.25) is 0 Å². The largest absolute Gasteiger partial charge is 0.195 e. The van der Waals surface area contributed by atoms with Crippen molar-refractivity contribution in [1.29, 1.82) is 0 Å². The third kappa shape index (κ3) is 2.87. The molecule has 3 aromatic heterocycles. The third-order valence-electron chi connectivity index (χ3n) is 3.55. The topological polar surface area (TPSA) is 43.1 Å². The Bertz CT molecular complexity index is 916. The molecular formula is C17H14N4S2. The number of aromatic nitrogens is 4. The van der Waals surface area contributed by atoms with Gasteiger partial charge in [-0.2, -0.15) is 9.61 Å². The van der Waals surface area contributed by atoms with E-state index in [-0.39, 0.29) is 0 Å². The number of benzene rings is 1. The van der Waals surface area contributed by atoms with Crippen molar-refractivity contribution in [3.8, 4) is 10.7 Å². The molecule has 4 nitrogen and oxygen atoms in total. The molecule has 6 heteroatoms. The molecule has 0 radical (unpaired) electrons. The van der Waals surface area contributed by atoms with Crippen LogP contribution in [0.15, 0.2) is 65.0 Å². The van der Waals surface area contributed by atoms with E-state index in [9.17, 15) is 0 Å². The number of thioether (sulfide) groups is 1. The maximum absolute atomic E-state index is 4.72. The van der Waals surface area contributed by atoms with E-state index in [1.54, 1.807) is 23.1 Å². The van der Waals surface area contributed by atoms with Crippen molar-refractivity contribution >= 4 is 28.7 Å². The van der Waals surface area contributed by atoms with Crippen molar-refractivity contribution in [2.75, 3.05) is 0 Å². The van der Waals surface area contributed by atoms with Crippen LogP contribution in [0.3, 0.4) is 0 Å². The van der Waals surface area contributed by atoms with Crippen LogP contribution in [0.4, 0.5) is 0 Å². The van der Waals surface area contributed by atoms with Crippen molar-refractivity contribution in [3.05, 3.63) is 65.5 Å². The summed E-state index contributed by atoms with van der Waals surface area (Å²) in [5.74, 6) is 0.796. The Kier molecular flexibility index (Phi) is 3.85. The lowest BCUT2D eigenvalue weighted by atomic mass is 10.2. The Morgan fingerprint density at radius 3 is 2.65 bits per heavy atom. The summed E-state index contributed by atoms with van der Waals surface area (Å²) in [6.45, 7) is 2.19. The summed E-state index contributed by atoms with van der Waals surface area (Å²) in [5, 5.41) is 16.5. The molecule has 114 valence electrons. The van der Waals surface area contributed by atoms with Gasteiger partial charge in [-0.1, -0.05) is 48.2 Å². The Morgan fingerprint density at radius 1 is 1.00 bits per heavy atom. The molecule has 0 aliphatic heterocycles. The maximum Gasteiger partial charge on any atom is 0.195 e. The van der Waals surface area contributed by atoms with E-state index in [2.05, 4.69) is 41.4 Å². The summed E-state index contributed by atoms with van der Waals surface area (Å²) in [6, 6.07) is 18.5. The molecule has 0 aliphatic rings. The zero-order chi connectivity index (χ0) is 15.6. The number of hydrogen-bond donors (Lipinski definition) is 0. The third-order valence-corrected chi connectivity index (χ3v) is 5.50. The maximum atomic E-state index is 4.72. The zero-order valence-corrected chi connectivity index (χ0v) is 14.1. The van der Waals surface area contributed by atoms with E-state index in [0.29, 0.717) is 5.25 Å². The second kappa shape index (κ2) is 6.14. The summed E-state index contributed by atoms with van der Waals surface area (Å²) in [6.07, 6.45) is 0. The van der Waals surface area contributed by atoms with Gasteiger partial charge in [0.2, 0.25) is 0 Å². The fraction of sp³-hybridized carbons (Fsp3) is 0.118. The molecule has 0 saturated carbocycles.